The predicted octanol–water partition coefficient (Wildman–Crippen LogP) is 3.36. The number of rotatable bonds is 11. The highest BCUT2D eigenvalue weighted by atomic mass is 16.5. The molecule has 4 heteroatoms. The summed E-state index contributed by atoms with van der Waals surface area (Å²) >= 11 is 0. The number of carbonyl (C=O) groups is 1. The average molecular weight is 290 g/mol. The first kappa shape index (κ1) is 17.2. The van der Waals surface area contributed by atoms with Gasteiger partial charge in [-0.2, -0.15) is 0 Å². The molecule has 4 nitrogen and oxygen atoms in total. The molecule has 1 amide bonds. The van der Waals surface area contributed by atoms with E-state index in [1.807, 2.05) is 24.3 Å². The van der Waals surface area contributed by atoms with Gasteiger partial charge in [0, 0.05) is 12.2 Å². The molecule has 116 valence electrons. The maximum Gasteiger partial charge on any atom is 0.238 e. The molecule has 0 aromatic heterocycles. The van der Waals surface area contributed by atoms with E-state index in [1.54, 1.807) is 6.08 Å². The number of carbonyl (C=O) groups excluding carboxylic acids is 1. The van der Waals surface area contributed by atoms with Crippen molar-refractivity contribution in [1.29, 1.82) is 0 Å². The van der Waals surface area contributed by atoms with Crippen LogP contribution in [0.3, 0.4) is 0 Å². The fourth-order valence-electron chi connectivity index (χ4n) is 1.85. The monoisotopic (exact) mass is 290 g/mol. The minimum atomic E-state index is -0.0647. The zero-order valence-electron chi connectivity index (χ0n) is 12.9. The summed E-state index contributed by atoms with van der Waals surface area (Å²) in [5, 5.41) is 5.78. The molecule has 0 saturated carbocycles. The van der Waals surface area contributed by atoms with E-state index in [0.717, 1.165) is 24.5 Å². The number of anilines is 1. The highest BCUT2D eigenvalue weighted by Gasteiger charge is 2.01. The van der Waals surface area contributed by atoms with Gasteiger partial charge in [0.05, 0.1) is 13.2 Å². The topological polar surface area (TPSA) is 50.4 Å². The van der Waals surface area contributed by atoms with Gasteiger partial charge in [0.25, 0.3) is 0 Å². The van der Waals surface area contributed by atoms with Gasteiger partial charge in [-0.05, 0) is 30.7 Å². The molecule has 0 aliphatic heterocycles. The van der Waals surface area contributed by atoms with Crippen LogP contribution >= 0.6 is 0 Å². The van der Waals surface area contributed by atoms with Crippen molar-refractivity contribution in [2.45, 2.75) is 32.6 Å². The summed E-state index contributed by atoms with van der Waals surface area (Å²) < 4.78 is 5.66. The van der Waals surface area contributed by atoms with Crippen LogP contribution in [0.25, 0.3) is 0 Å². The van der Waals surface area contributed by atoms with Gasteiger partial charge in [0.2, 0.25) is 5.91 Å². The number of benzene rings is 1. The Hall–Kier alpha value is -1.81. The van der Waals surface area contributed by atoms with Crippen LogP contribution in [0.1, 0.15) is 32.6 Å². The number of amides is 1. The molecule has 0 aliphatic rings. The first-order valence-corrected chi connectivity index (χ1v) is 7.60. The second-order valence-corrected chi connectivity index (χ2v) is 4.90. The van der Waals surface area contributed by atoms with Crippen molar-refractivity contribution in [2.24, 2.45) is 0 Å². The molecule has 1 rings (SSSR count). The molecule has 0 unspecified atom stereocenters. The van der Waals surface area contributed by atoms with Gasteiger partial charge in [-0.1, -0.05) is 32.3 Å². The molecule has 21 heavy (non-hydrogen) atoms. The third-order valence-corrected chi connectivity index (χ3v) is 2.98. The maximum absolute atomic E-state index is 11.6. The van der Waals surface area contributed by atoms with E-state index in [0.29, 0.717) is 6.54 Å². The zero-order chi connectivity index (χ0) is 15.3. The first-order valence-electron chi connectivity index (χ1n) is 7.60. The first-order chi connectivity index (χ1) is 10.3. The lowest BCUT2D eigenvalue weighted by atomic mass is 10.2. The molecule has 1 aromatic rings. The van der Waals surface area contributed by atoms with Crippen molar-refractivity contribution in [3.63, 3.8) is 0 Å². The van der Waals surface area contributed by atoms with Crippen molar-refractivity contribution in [3.8, 4) is 5.75 Å². The summed E-state index contributed by atoms with van der Waals surface area (Å²) in [7, 11) is 0. The van der Waals surface area contributed by atoms with E-state index < -0.39 is 0 Å². The van der Waals surface area contributed by atoms with Crippen LogP contribution in [0.5, 0.6) is 5.75 Å². The molecule has 0 spiro atoms. The van der Waals surface area contributed by atoms with Crippen LogP contribution in [-0.4, -0.2) is 25.6 Å². The smallest absolute Gasteiger partial charge is 0.238 e. The Morgan fingerprint density at radius 1 is 1.24 bits per heavy atom. The van der Waals surface area contributed by atoms with Crippen molar-refractivity contribution in [2.75, 3.05) is 25.0 Å². The summed E-state index contributed by atoms with van der Waals surface area (Å²) in [6.07, 6.45) is 6.51. The third-order valence-electron chi connectivity index (χ3n) is 2.98. The normalized spacial score (nSPS) is 10.1. The van der Waals surface area contributed by atoms with Crippen molar-refractivity contribution < 1.29 is 9.53 Å². The lowest BCUT2D eigenvalue weighted by Gasteiger charge is -2.08. The van der Waals surface area contributed by atoms with Gasteiger partial charge in [0.1, 0.15) is 5.75 Å². The Balaban J connectivity index is 2.26. The fraction of sp³-hybridized carbons (Fsp3) is 0.471. The number of hydrogen-bond donors (Lipinski definition) is 2. The third kappa shape index (κ3) is 8.15. The summed E-state index contributed by atoms with van der Waals surface area (Å²) in [4.78, 5) is 11.6. The molecule has 2 N–H and O–H groups in total. The molecule has 1 aromatic carbocycles. The average Bonchev–Trinajstić information content (AvgIpc) is 2.49. The van der Waals surface area contributed by atoms with Crippen LogP contribution in [0.4, 0.5) is 5.69 Å². The maximum atomic E-state index is 11.6. The zero-order valence-corrected chi connectivity index (χ0v) is 12.9. The van der Waals surface area contributed by atoms with E-state index in [-0.39, 0.29) is 12.5 Å². The minimum absolute atomic E-state index is 0.0647. The van der Waals surface area contributed by atoms with Crippen LogP contribution in [0.2, 0.25) is 0 Å². The SMILES string of the molecule is C=CCNCC(=O)Nc1ccc(OCCCCCC)cc1. The van der Waals surface area contributed by atoms with Gasteiger partial charge in [0.15, 0.2) is 0 Å². The predicted molar refractivity (Wildman–Crippen MR) is 87.8 cm³/mol. The lowest BCUT2D eigenvalue weighted by molar-refractivity contribution is -0.115. The van der Waals surface area contributed by atoms with Gasteiger partial charge in [-0.15, -0.1) is 6.58 Å². The van der Waals surface area contributed by atoms with E-state index in [1.165, 1.54) is 19.3 Å². The van der Waals surface area contributed by atoms with E-state index in [9.17, 15) is 4.79 Å². The molecule has 0 heterocycles. The standard InChI is InChI=1S/C17H26N2O2/c1-3-5-6-7-13-21-16-10-8-15(9-11-16)19-17(20)14-18-12-4-2/h4,8-11,18H,2-3,5-7,12-14H2,1H3,(H,19,20). The van der Waals surface area contributed by atoms with Crippen LogP contribution < -0.4 is 15.4 Å². The Morgan fingerprint density at radius 3 is 2.67 bits per heavy atom. The quantitative estimate of drug-likeness (QED) is 0.485. The minimum Gasteiger partial charge on any atom is -0.494 e. The summed E-state index contributed by atoms with van der Waals surface area (Å²) in [6.45, 7) is 7.43. The van der Waals surface area contributed by atoms with Crippen LogP contribution in [0.15, 0.2) is 36.9 Å². The molecule has 0 fully saturated rings. The Labute approximate surface area is 127 Å². The van der Waals surface area contributed by atoms with E-state index in [4.69, 9.17) is 4.74 Å². The molecule has 0 atom stereocenters. The Bertz CT molecular complexity index is 415. The van der Waals surface area contributed by atoms with Crippen molar-refractivity contribution in [3.05, 3.63) is 36.9 Å². The number of nitrogens with one attached hydrogen (secondary N) is 2. The Morgan fingerprint density at radius 2 is 2.00 bits per heavy atom. The van der Waals surface area contributed by atoms with Crippen molar-refractivity contribution >= 4 is 11.6 Å². The summed E-state index contributed by atoms with van der Waals surface area (Å²) in [5.41, 5.74) is 0.777. The summed E-state index contributed by atoms with van der Waals surface area (Å²) in [6, 6.07) is 7.47. The Kier molecular flexibility index (Phi) is 8.96. The highest BCUT2D eigenvalue weighted by molar-refractivity contribution is 5.92. The molecular formula is C17H26N2O2. The molecule has 0 radical (unpaired) electrons. The second kappa shape index (κ2) is 10.9. The van der Waals surface area contributed by atoms with Crippen LogP contribution in [-0.2, 0) is 4.79 Å². The largest absolute Gasteiger partial charge is 0.494 e. The second-order valence-electron chi connectivity index (χ2n) is 4.90. The number of hydrogen-bond acceptors (Lipinski definition) is 3. The van der Waals surface area contributed by atoms with E-state index in [2.05, 4.69) is 24.1 Å². The van der Waals surface area contributed by atoms with Gasteiger partial charge < -0.3 is 15.4 Å². The van der Waals surface area contributed by atoms with E-state index >= 15 is 0 Å². The fourth-order valence-corrected chi connectivity index (χ4v) is 1.85. The van der Waals surface area contributed by atoms with Crippen molar-refractivity contribution in [1.82, 2.24) is 5.32 Å². The van der Waals surface area contributed by atoms with Gasteiger partial charge >= 0.3 is 0 Å². The van der Waals surface area contributed by atoms with Gasteiger partial charge in [-0.3, -0.25) is 4.79 Å². The van der Waals surface area contributed by atoms with Crippen LogP contribution in [0, 0.1) is 0 Å². The number of unbranched alkanes of at least 4 members (excludes halogenated alkanes) is 3. The number of ether oxygens (including phenoxy) is 1. The lowest BCUT2D eigenvalue weighted by Crippen LogP contribution is -2.28. The molecule has 0 aliphatic carbocycles. The molecular weight excluding hydrogens is 264 g/mol. The van der Waals surface area contributed by atoms with Gasteiger partial charge in [-0.25, -0.2) is 0 Å². The molecule has 0 bridgehead atoms. The highest BCUT2D eigenvalue weighted by Crippen LogP contribution is 2.16. The summed E-state index contributed by atoms with van der Waals surface area (Å²) in [5.74, 6) is 0.777. The molecule has 0 saturated heterocycles.